The molecule has 4 atom stereocenters. The van der Waals surface area contributed by atoms with Crippen molar-refractivity contribution >= 4 is 35.3 Å². The van der Waals surface area contributed by atoms with Crippen LogP contribution in [0, 0.1) is 0 Å². The van der Waals surface area contributed by atoms with Crippen LogP contribution in [-0.4, -0.2) is 70.2 Å². The van der Waals surface area contributed by atoms with Gasteiger partial charge in [-0.2, -0.15) is 0 Å². The molecule has 0 aromatic heterocycles. The summed E-state index contributed by atoms with van der Waals surface area (Å²) in [5.74, 6) is -1.78. The third kappa shape index (κ3) is 6.27. The summed E-state index contributed by atoms with van der Waals surface area (Å²) in [5.41, 5.74) is 2.64. The molecule has 0 radical (unpaired) electrons. The van der Waals surface area contributed by atoms with E-state index < -0.39 is 47.9 Å². The van der Waals surface area contributed by atoms with Gasteiger partial charge in [-0.05, 0) is 56.4 Å². The maximum Gasteiger partial charge on any atom is 0.325 e. The molecule has 206 valence electrons. The van der Waals surface area contributed by atoms with E-state index in [-0.39, 0.29) is 12.3 Å². The van der Waals surface area contributed by atoms with Crippen LogP contribution >= 0.6 is 0 Å². The molecule has 2 aromatic carbocycles. The topological polar surface area (TPSA) is 128 Å². The molecule has 2 saturated heterocycles. The molecule has 10 nitrogen and oxygen atoms in total. The standard InChI is InChI=1S/C29H35N5O5/c1-4-20-12-14-22(15-13-20)31-25(35)23(17-21-9-6-5-7-10-21)32-26(36)24-11-8-16-33(24)28(38)19(3)34-27(37)18(2)30-29(34)39/h5-7,9-10,12-15,18-19,23-24H,4,8,11,16-17H2,1-3H3,(H,30,39)(H,31,35)(H,32,36)/t18-,19-,23-,24-/m1/s1. The summed E-state index contributed by atoms with van der Waals surface area (Å²) >= 11 is 0. The Morgan fingerprint density at radius 3 is 2.33 bits per heavy atom. The van der Waals surface area contributed by atoms with E-state index in [1.807, 2.05) is 54.6 Å². The van der Waals surface area contributed by atoms with Crippen molar-refractivity contribution in [2.45, 2.75) is 70.6 Å². The fourth-order valence-electron chi connectivity index (χ4n) is 5.03. The predicted molar refractivity (Wildman–Crippen MR) is 146 cm³/mol. The number of rotatable bonds is 9. The molecule has 2 fully saturated rings. The number of hydrogen-bond acceptors (Lipinski definition) is 5. The number of nitrogens with one attached hydrogen (secondary N) is 3. The lowest BCUT2D eigenvalue weighted by Crippen LogP contribution is -2.56. The molecule has 3 N–H and O–H groups in total. The van der Waals surface area contributed by atoms with Crippen LogP contribution in [0.25, 0.3) is 0 Å². The molecular formula is C29H35N5O5. The van der Waals surface area contributed by atoms with Crippen LogP contribution in [0.1, 0.15) is 44.7 Å². The summed E-state index contributed by atoms with van der Waals surface area (Å²) in [6.45, 7) is 5.41. The van der Waals surface area contributed by atoms with Gasteiger partial charge in [0.2, 0.25) is 17.7 Å². The minimum Gasteiger partial charge on any atom is -0.342 e. The molecule has 0 spiro atoms. The number of aryl methyl sites for hydroxylation is 1. The first-order valence-corrected chi connectivity index (χ1v) is 13.4. The average molecular weight is 534 g/mol. The van der Waals surface area contributed by atoms with Crippen molar-refractivity contribution in [3.05, 3.63) is 65.7 Å². The lowest BCUT2D eigenvalue weighted by atomic mass is 10.0. The van der Waals surface area contributed by atoms with Crippen LogP contribution in [0.5, 0.6) is 0 Å². The number of anilines is 1. The van der Waals surface area contributed by atoms with Gasteiger partial charge in [0.25, 0.3) is 5.91 Å². The number of amides is 6. The summed E-state index contributed by atoms with van der Waals surface area (Å²) in [5, 5.41) is 8.26. The third-order valence-electron chi connectivity index (χ3n) is 7.30. The molecule has 0 unspecified atom stereocenters. The first kappa shape index (κ1) is 27.8. The zero-order chi connectivity index (χ0) is 28.1. The number of carbonyl (C=O) groups is 5. The number of urea groups is 1. The second-order valence-corrected chi connectivity index (χ2v) is 10.0. The highest BCUT2D eigenvalue weighted by atomic mass is 16.2. The van der Waals surface area contributed by atoms with Gasteiger partial charge < -0.3 is 20.9 Å². The summed E-state index contributed by atoms with van der Waals surface area (Å²) in [6, 6.07) is 12.8. The molecule has 2 aliphatic heterocycles. The van der Waals surface area contributed by atoms with Crippen molar-refractivity contribution in [2.24, 2.45) is 0 Å². The number of carbonyl (C=O) groups excluding carboxylic acids is 5. The Morgan fingerprint density at radius 2 is 1.72 bits per heavy atom. The molecule has 39 heavy (non-hydrogen) atoms. The van der Waals surface area contributed by atoms with Crippen molar-refractivity contribution in [1.29, 1.82) is 0 Å². The van der Waals surface area contributed by atoms with Crippen molar-refractivity contribution in [3.8, 4) is 0 Å². The monoisotopic (exact) mass is 533 g/mol. The molecule has 0 bridgehead atoms. The van der Waals surface area contributed by atoms with Gasteiger partial charge in [0.1, 0.15) is 24.2 Å². The van der Waals surface area contributed by atoms with Crippen molar-refractivity contribution in [3.63, 3.8) is 0 Å². The van der Waals surface area contributed by atoms with Gasteiger partial charge in [-0.1, -0.05) is 49.4 Å². The molecule has 2 aliphatic rings. The minimum absolute atomic E-state index is 0.267. The average Bonchev–Trinajstić information content (AvgIpc) is 3.52. The van der Waals surface area contributed by atoms with Crippen LogP contribution in [-0.2, 0) is 32.0 Å². The first-order chi connectivity index (χ1) is 18.7. The maximum atomic E-state index is 13.5. The van der Waals surface area contributed by atoms with Crippen molar-refractivity contribution in [1.82, 2.24) is 20.4 Å². The van der Waals surface area contributed by atoms with Gasteiger partial charge in [-0.3, -0.25) is 24.1 Å². The Labute approximate surface area is 228 Å². The Morgan fingerprint density at radius 1 is 1.03 bits per heavy atom. The Balaban J connectivity index is 1.48. The van der Waals surface area contributed by atoms with Gasteiger partial charge >= 0.3 is 6.03 Å². The highest BCUT2D eigenvalue weighted by Gasteiger charge is 2.45. The minimum atomic E-state index is -1.05. The Bertz CT molecular complexity index is 1230. The van der Waals surface area contributed by atoms with E-state index in [0.29, 0.717) is 25.1 Å². The summed E-state index contributed by atoms with van der Waals surface area (Å²) in [6.07, 6.45) is 2.15. The second-order valence-electron chi connectivity index (χ2n) is 10.0. The van der Waals surface area contributed by atoms with E-state index in [0.717, 1.165) is 22.4 Å². The molecule has 0 aliphatic carbocycles. The van der Waals surface area contributed by atoms with Gasteiger partial charge in [0.15, 0.2) is 0 Å². The number of hydrogen-bond donors (Lipinski definition) is 3. The van der Waals surface area contributed by atoms with Gasteiger partial charge in [0, 0.05) is 18.7 Å². The number of nitrogens with zero attached hydrogens (tertiary/aromatic N) is 2. The molecule has 0 saturated carbocycles. The zero-order valence-electron chi connectivity index (χ0n) is 22.5. The van der Waals surface area contributed by atoms with Gasteiger partial charge in [-0.15, -0.1) is 0 Å². The maximum absolute atomic E-state index is 13.5. The van der Waals surface area contributed by atoms with E-state index in [2.05, 4.69) is 22.9 Å². The highest BCUT2D eigenvalue weighted by molar-refractivity contribution is 6.07. The van der Waals surface area contributed by atoms with Crippen molar-refractivity contribution in [2.75, 3.05) is 11.9 Å². The summed E-state index contributed by atoms with van der Waals surface area (Å²) in [4.78, 5) is 67.1. The highest BCUT2D eigenvalue weighted by Crippen LogP contribution is 2.22. The van der Waals surface area contributed by atoms with Crippen LogP contribution in [0.2, 0.25) is 0 Å². The second kappa shape index (κ2) is 12.1. The molecule has 10 heteroatoms. The third-order valence-corrected chi connectivity index (χ3v) is 7.30. The van der Waals surface area contributed by atoms with Crippen LogP contribution in [0.3, 0.4) is 0 Å². The zero-order valence-corrected chi connectivity index (χ0v) is 22.5. The summed E-state index contributed by atoms with van der Waals surface area (Å²) < 4.78 is 0. The Hall–Kier alpha value is -4.21. The Kier molecular flexibility index (Phi) is 8.63. The summed E-state index contributed by atoms with van der Waals surface area (Å²) in [7, 11) is 0. The molecule has 6 amide bonds. The van der Waals surface area contributed by atoms with E-state index in [9.17, 15) is 24.0 Å². The fraction of sp³-hybridized carbons (Fsp3) is 0.414. The largest absolute Gasteiger partial charge is 0.342 e. The number of imide groups is 1. The van der Waals surface area contributed by atoms with Crippen LogP contribution in [0.4, 0.5) is 10.5 Å². The van der Waals surface area contributed by atoms with E-state index in [1.54, 1.807) is 6.92 Å². The quantitative estimate of drug-likeness (QED) is 0.426. The fourth-order valence-corrected chi connectivity index (χ4v) is 5.03. The SMILES string of the molecule is CCc1ccc(NC(=O)[C@@H](Cc2ccccc2)NC(=O)[C@H]2CCCN2C(=O)[C@@H](C)N2C(=O)N[C@H](C)C2=O)cc1. The van der Waals surface area contributed by atoms with E-state index in [4.69, 9.17) is 0 Å². The molecule has 2 heterocycles. The molecular weight excluding hydrogens is 498 g/mol. The normalized spacial score (nSPS) is 20.4. The number of likely N-dealkylation sites (tertiary alicyclic amines) is 1. The van der Waals surface area contributed by atoms with Crippen molar-refractivity contribution < 1.29 is 24.0 Å². The van der Waals surface area contributed by atoms with E-state index >= 15 is 0 Å². The smallest absolute Gasteiger partial charge is 0.325 e. The van der Waals surface area contributed by atoms with E-state index in [1.165, 1.54) is 11.8 Å². The first-order valence-electron chi connectivity index (χ1n) is 13.4. The molecule has 4 rings (SSSR count). The lowest BCUT2D eigenvalue weighted by Gasteiger charge is -2.30. The van der Waals surface area contributed by atoms with Crippen LogP contribution in [0.15, 0.2) is 54.6 Å². The lowest BCUT2D eigenvalue weighted by molar-refractivity contribution is -0.145. The van der Waals surface area contributed by atoms with Crippen LogP contribution < -0.4 is 16.0 Å². The predicted octanol–water partition coefficient (Wildman–Crippen LogP) is 2.23. The van der Waals surface area contributed by atoms with Gasteiger partial charge in [-0.25, -0.2) is 4.79 Å². The van der Waals surface area contributed by atoms with Gasteiger partial charge in [0.05, 0.1) is 0 Å². The molecule has 2 aromatic rings. The number of benzene rings is 2.